The predicted octanol–water partition coefficient (Wildman–Crippen LogP) is 4.82. The Morgan fingerprint density at radius 3 is 2.33 bits per heavy atom. The molecule has 1 aromatic heterocycles. The van der Waals surface area contributed by atoms with Crippen molar-refractivity contribution in [3.05, 3.63) is 88.9 Å². The molecule has 0 radical (unpaired) electrons. The molecule has 1 amide bonds. The molecule has 0 aliphatic carbocycles. The fourth-order valence-corrected chi connectivity index (χ4v) is 6.52. The summed E-state index contributed by atoms with van der Waals surface area (Å²) in [6.07, 6.45) is 0. The van der Waals surface area contributed by atoms with Crippen molar-refractivity contribution in [1.82, 2.24) is 14.2 Å². The molecule has 0 bridgehead atoms. The predicted molar refractivity (Wildman–Crippen MR) is 143 cm³/mol. The summed E-state index contributed by atoms with van der Waals surface area (Å²) in [6, 6.07) is 24.0. The van der Waals surface area contributed by atoms with Crippen LogP contribution in [0.2, 0.25) is 0 Å². The monoisotopic (exact) mass is 565 g/mol. The van der Waals surface area contributed by atoms with Gasteiger partial charge in [0, 0.05) is 41.6 Å². The molecule has 36 heavy (non-hydrogen) atoms. The number of pyridine rings is 1. The second kappa shape index (κ2) is 10.0. The summed E-state index contributed by atoms with van der Waals surface area (Å²) in [5.74, 6) is 0.149. The second-order valence-electron chi connectivity index (χ2n) is 8.43. The molecule has 1 fully saturated rings. The van der Waals surface area contributed by atoms with Crippen molar-refractivity contribution < 1.29 is 17.9 Å². The fraction of sp³-hybridized carbons (Fsp3) is 0.185. The van der Waals surface area contributed by atoms with E-state index in [1.54, 1.807) is 23.1 Å². The molecule has 0 atom stereocenters. The molecule has 3 aromatic carbocycles. The first-order valence-electron chi connectivity index (χ1n) is 11.5. The van der Waals surface area contributed by atoms with Crippen LogP contribution in [0.15, 0.2) is 88.2 Å². The highest BCUT2D eigenvalue weighted by molar-refractivity contribution is 9.10. The van der Waals surface area contributed by atoms with Gasteiger partial charge < -0.3 is 9.64 Å². The zero-order valence-corrected chi connectivity index (χ0v) is 22.0. The molecule has 0 N–H and O–H groups in total. The van der Waals surface area contributed by atoms with E-state index >= 15 is 0 Å². The number of fused-ring (bicyclic) bond motifs is 1. The van der Waals surface area contributed by atoms with Gasteiger partial charge in [0.2, 0.25) is 10.0 Å². The van der Waals surface area contributed by atoms with Crippen molar-refractivity contribution in [2.24, 2.45) is 0 Å². The highest BCUT2D eigenvalue weighted by Gasteiger charge is 2.33. The van der Waals surface area contributed by atoms with Crippen molar-refractivity contribution >= 4 is 42.8 Å². The molecule has 2 heterocycles. The number of benzene rings is 3. The van der Waals surface area contributed by atoms with Gasteiger partial charge in [0.05, 0.1) is 23.9 Å². The van der Waals surface area contributed by atoms with Gasteiger partial charge in [0.25, 0.3) is 5.91 Å². The van der Waals surface area contributed by atoms with E-state index < -0.39 is 10.0 Å². The van der Waals surface area contributed by atoms with Gasteiger partial charge in [0.15, 0.2) is 0 Å². The molecule has 184 valence electrons. The van der Waals surface area contributed by atoms with Crippen LogP contribution in [0.5, 0.6) is 5.75 Å². The number of piperazine rings is 1. The molecule has 0 saturated carbocycles. The van der Waals surface area contributed by atoms with Gasteiger partial charge >= 0.3 is 0 Å². The normalized spacial score (nSPS) is 14.7. The van der Waals surface area contributed by atoms with Crippen LogP contribution in [0.25, 0.3) is 22.2 Å². The van der Waals surface area contributed by atoms with E-state index in [9.17, 15) is 13.2 Å². The number of para-hydroxylation sites is 1. The smallest absolute Gasteiger partial charge is 0.254 e. The third kappa shape index (κ3) is 4.61. The minimum absolute atomic E-state index is 0.104. The number of amides is 1. The number of nitrogens with zero attached hydrogens (tertiary/aromatic N) is 3. The number of hydrogen-bond acceptors (Lipinski definition) is 5. The quantitative estimate of drug-likeness (QED) is 0.346. The van der Waals surface area contributed by atoms with E-state index in [4.69, 9.17) is 9.72 Å². The third-order valence-electron chi connectivity index (χ3n) is 6.29. The van der Waals surface area contributed by atoms with Crippen LogP contribution >= 0.6 is 15.9 Å². The molecule has 5 rings (SSSR count). The van der Waals surface area contributed by atoms with Gasteiger partial charge in [-0.3, -0.25) is 4.79 Å². The summed E-state index contributed by atoms with van der Waals surface area (Å²) >= 11 is 3.34. The Kier molecular flexibility index (Phi) is 6.79. The molecule has 1 saturated heterocycles. The van der Waals surface area contributed by atoms with Gasteiger partial charge in [-0.15, -0.1) is 0 Å². The molecular formula is C27H24BrN3O4S. The molecule has 1 aliphatic heterocycles. The third-order valence-corrected chi connectivity index (χ3v) is 8.70. The summed E-state index contributed by atoms with van der Waals surface area (Å²) in [5, 5.41) is 0.774. The number of methoxy groups -OCH3 is 1. The number of aromatic nitrogens is 1. The Hall–Kier alpha value is -3.27. The maximum Gasteiger partial charge on any atom is 0.254 e. The zero-order valence-electron chi connectivity index (χ0n) is 19.6. The molecule has 9 heteroatoms. The van der Waals surface area contributed by atoms with Gasteiger partial charge in [-0.05, 0) is 30.3 Å². The summed E-state index contributed by atoms with van der Waals surface area (Å²) in [4.78, 5) is 20.2. The Morgan fingerprint density at radius 2 is 1.61 bits per heavy atom. The number of rotatable bonds is 5. The lowest BCUT2D eigenvalue weighted by atomic mass is 10.0. The number of ether oxygens (including phenoxy) is 1. The number of hydrogen-bond donors (Lipinski definition) is 0. The fourth-order valence-electron chi connectivity index (χ4n) is 4.40. The molecule has 7 nitrogen and oxygen atoms in total. The molecule has 0 spiro atoms. The topological polar surface area (TPSA) is 79.8 Å². The van der Waals surface area contributed by atoms with Gasteiger partial charge in [-0.1, -0.05) is 64.5 Å². The van der Waals surface area contributed by atoms with Crippen molar-refractivity contribution in [1.29, 1.82) is 0 Å². The number of carbonyl (C=O) groups is 1. The van der Waals surface area contributed by atoms with E-state index in [2.05, 4.69) is 15.9 Å². The van der Waals surface area contributed by atoms with Crippen molar-refractivity contribution in [3.63, 3.8) is 0 Å². The zero-order chi connectivity index (χ0) is 25.3. The van der Waals surface area contributed by atoms with E-state index in [1.165, 1.54) is 11.4 Å². The van der Waals surface area contributed by atoms with E-state index in [0.717, 1.165) is 22.2 Å². The highest BCUT2D eigenvalue weighted by Crippen LogP contribution is 2.31. The minimum atomic E-state index is -3.79. The largest absolute Gasteiger partial charge is 0.495 e. The van der Waals surface area contributed by atoms with Gasteiger partial charge in [0.1, 0.15) is 10.6 Å². The summed E-state index contributed by atoms with van der Waals surface area (Å²) in [6.45, 7) is 0.952. The van der Waals surface area contributed by atoms with E-state index in [0.29, 0.717) is 10.0 Å². The number of halogens is 1. The average Bonchev–Trinajstić information content (AvgIpc) is 2.92. The van der Waals surface area contributed by atoms with E-state index in [-0.39, 0.29) is 42.7 Å². The summed E-state index contributed by atoms with van der Waals surface area (Å²) < 4.78 is 34.0. The molecule has 1 aliphatic rings. The van der Waals surface area contributed by atoms with Crippen LogP contribution in [-0.2, 0) is 10.0 Å². The Labute approximate surface area is 218 Å². The van der Waals surface area contributed by atoms with Crippen molar-refractivity contribution in [2.75, 3.05) is 33.3 Å². The summed E-state index contributed by atoms with van der Waals surface area (Å²) in [7, 11) is -2.34. The SMILES string of the molecule is COc1ccc(Br)cc1S(=O)(=O)N1CCN(C(=O)c2cc(-c3ccccc3)nc3ccccc23)CC1. The molecule has 0 unspecified atom stereocenters. The van der Waals surface area contributed by atoms with Crippen LogP contribution < -0.4 is 4.74 Å². The first kappa shape index (κ1) is 24.4. The minimum Gasteiger partial charge on any atom is -0.495 e. The Morgan fingerprint density at radius 1 is 0.917 bits per heavy atom. The Bertz CT molecular complexity index is 1540. The van der Waals surface area contributed by atoms with Crippen molar-refractivity contribution in [3.8, 4) is 17.0 Å². The first-order chi connectivity index (χ1) is 17.4. The van der Waals surface area contributed by atoms with Crippen LogP contribution in [0.3, 0.4) is 0 Å². The van der Waals surface area contributed by atoms with Crippen LogP contribution in [0.4, 0.5) is 0 Å². The lowest BCUT2D eigenvalue weighted by Crippen LogP contribution is -2.50. The highest BCUT2D eigenvalue weighted by atomic mass is 79.9. The standard InChI is InChI=1S/C27H24BrN3O4S/c1-35-25-12-11-20(28)17-26(25)36(33,34)31-15-13-30(14-16-31)27(32)22-18-24(19-7-3-2-4-8-19)29-23-10-6-5-9-21(22)23/h2-12,17-18H,13-16H2,1H3. The number of sulfonamides is 1. The number of carbonyl (C=O) groups excluding carboxylic acids is 1. The molecule has 4 aromatic rings. The van der Waals surface area contributed by atoms with Crippen LogP contribution in [0, 0.1) is 0 Å². The lowest BCUT2D eigenvalue weighted by molar-refractivity contribution is 0.0699. The summed E-state index contributed by atoms with van der Waals surface area (Å²) in [5.41, 5.74) is 2.95. The maximum atomic E-state index is 13.7. The van der Waals surface area contributed by atoms with E-state index in [1.807, 2.05) is 60.7 Å². The van der Waals surface area contributed by atoms with Gasteiger partial charge in [-0.25, -0.2) is 13.4 Å². The van der Waals surface area contributed by atoms with Crippen LogP contribution in [0.1, 0.15) is 10.4 Å². The maximum absolute atomic E-state index is 13.7. The Balaban J connectivity index is 1.41. The lowest BCUT2D eigenvalue weighted by Gasteiger charge is -2.34. The second-order valence-corrected chi connectivity index (χ2v) is 11.3. The molecular weight excluding hydrogens is 542 g/mol. The first-order valence-corrected chi connectivity index (χ1v) is 13.7. The van der Waals surface area contributed by atoms with Gasteiger partial charge in [-0.2, -0.15) is 4.31 Å². The van der Waals surface area contributed by atoms with Crippen LogP contribution in [-0.4, -0.2) is 61.8 Å². The van der Waals surface area contributed by atoms with Crippen molar-refractivity contribution in [2.45, 2.75) is 4.90 Å². The average molecular weight is 566 g/mol.